The third kappa shape index (κ3) is 3.70. The standard InChI is InChI=1S/C22H29N5O2S/c1-26-21(23-24-25-26)30-14-20(28)27(13-15-4-3-5-19(9-15)29-2)22-10-16-6-17(11-22)8-18(7-16)12-22/h3-5,9,16-18H,6-8,10-14H2,1-2H3. The Balaban J connectivity index is 1.41. The largest absolute Gasteiger partial charge is 0.497 e. The number of hydrogen-bond donors (Lipinski definition) is 0. The molecule has 4 aliphatic carbocycles. The predicted molar refractivity (Wildman–Crippen MR) is 114 cm³/mol. The number of ether oxygens (including phenoxy) is 1. The van der Waals surface area contributed by atoms with Gasteiger partial charge in [-0.3, -0.25) is 4.79 Å². The van der Waals surface area contributed by atoms with Gasteiger partial charge in [0, 0.05) is 19.1 Å². The van der Waals surface area contributed by atoms with Crippen molar-refractivity contribution in [2.45, 2.75) is 55.8 Å². The molecule has 160 valence electrons. The Morgan fingerprint density at radius 2 is 1.93 bits per heavy atom. The van der Waals surface area contributed by atoms with Crippen molar-refractivity contribution < 1.29 is 9.53 Å². The number of tetrazole rings is 1. The van der Waals surface area contributed by atoms with Crippen molar-refractivity contribution >= 4 is 17.7 Å². The summed E-state index contributed by atoms with van der Waals surface area (Å²) >= 11 is 1.42. The summed E-state index contributed by atoms with van der Waals surface area (Å²) in [7, 11) is 3.49. The van der Waals surface area contributed by atoms with Gasteiger partial charge in [0.1, 0.15) is 5.75 Å². The summed E-state index contributed by atoms with van der Waals surface area (Å²) in [6.07, 6.45) is 7.56. The maximum Gasteiger partial charge on any atom is 0.233 e. The lowest BCUT2D eigenvalue weighted by molar-refractivity contribution is -0.149. The van der Waals surface area contributed by atoms with E-state index >= 15 is 0 Å². The van der Waals surface area contributed by atoms with Gasteiger partial charge in [-0.05, 0) is 84.4 Å². The molecule has 1 aromatic heterocycles. The molecule has 2 aromatic rings. The highest BCUT2D eigenvalue weighted by Crippen LogP contribution is 2.58. The second-order valence-corrected chi connectivity index (χ2v) is 10.3. The van der Waals surface area contributed by atoms with Gasteiger partial charge >= 0.3 is 0 Å². The molecule has 4 saturated carbocycles. The average molecular weight is 428 g/mol. The van der Waals surface area contributed by atoms with E-state index in [1.54, 1.807) is 18.8 Å². The highest BCUT2D eigenvalue weighted by atomic mass is 32.2. The molecule has 0 N–H and O–H groups in total. The first-order valence-corrected chi connectivity index (χ1v) is 11.8. The monoisotopic (exact) mass is 427 g/mol. The van der Waals surface area contributed by atoms with Gasteiger partial charge in [-0.15, -0.1) is 5.10 Å². The van der Waals surface area contributed by atoms with E-state index < -0.39 is 0 Å². The number of aromatic nitrogens is 4. The van der Waals surface area contributed by atoms with Crippen LogP contribution in [0, 0.1) is 17.8 Å². The van der Waals surface area contributed by atoms with Crippen molar-refractivity contribution in [1.29, 1.82) is 0 Å². The molecule has 0 spiro atoms. The topological polar surface area (TPSA) is 73.1 Å². The molecule has 1 aromatic carbocycles. The molecule has 7 nitrogen and oxygen atoms in total. The zero-order chi connectivity index (χ0) is 20.7. The second-order valence-electron chi connectivity index (χ2n) is 9.35. The van der Waals surface area contributed by atoms with Gasteiger partial charge in [-0.25, -0.2) is 4.68 Å². The Hall–Kier alpha value is -2.09. The molecule has 6 rings (SSSR count). The van der Waals surface area contributed by atoms with Crippen LogP contribution in [0.2, 0.25) is 0 Å². The zero-order valence-electron chi connectivity index (χ0n) is 17.7. The Morgan fingerprint density at radius 3 is 2.53 bits per heavy atom. The molecule has 30 heavy (non-hydrogen) atoms. The molecule has 0 saturated heterocycles. The normalized spacial score (nSPS) is 29.2. The minimum absolute atomic E-state index is 0.00755. The molecule has 0 atom stereocenters. The molecular weight excluding hydrogens is 398 g/mol. The quantitative estimate of drug-likeness (QED) is 0.631. The van der Waals surface area contributed by atoms with Crippen molar-refractivity contribution in [3.63, 3.8) is 0 Å². The molecule has 0 unspecified atom stereocenters. The van der Waals surface area contributed by atoms with Crippen LogP contribution in [0.25, 0.3) is 0 Å². The van der Waals surface area contributed by atoms with Crippen LogP contribution in [-0.4, -0.2) is 49.4 Å². The Labute approximate surface area is 181 Å². The van der Waals surface area contributed by atoms with Crippen LogP contribution in [0.4, 0.5) is 0 Å². The van der Waals surface area contributed by atoms with E-state index in [0.717, 1.165) is 48.3 Å². The van der Waals surface area contributed by atoms with E-state index in [1.807, 2.05) is 12.1 Å². The first-order valence-electron chi connectivity index (χ1n) is 10.8. The third-order valence-corrected chi connectivity index (χ3v) is 8.26. The summed E-state index contributed by atoms with van der Waals surface area (Å²) in [4.78, 5) is 15.8. The molecule has 8 heteroatoms. The van der Waals surface area contributed by atoms with E-state index in [2.05, 4.69) is 32.6 Å². The number of benzene rings is 1. The van der Waals surface area contributed by atoms with E-state index in [9.17, 15) is 4.79 Å². The molecule has 4 fully saturated rings. The van der Waals surface area contributed by atoms with Crippen LogP contribution < -0.4 is 4.74 Å². The summed E-state index contributed by atoms with van der Waals surface area (Å²) < 4.78 is 7.04. The number of rotatable bonds is 7. The molecule has 4 bridgehead atoms. The third-order valence-electron chi connectivity index (χ3n) is 7.26. The lowest BCUT2D eigenvalue weighted by Gasteiger charge is -2.60. The zero-order valence-corrected chi connectivity index (χ0v) is 18.5. The maximum atomic E-state index is 13.6. The van der Waals surface area contributed by atoms with Crippen molar-refractivity contribution in [3.8, 4) is 5.75 Å². The predicted octanol–water partition coefficient (Wildman–Crippen LogP) is 3.31. The molecule has 0 aliphatic heterocycles. The number of nitrogens with zero attached hydrogens (tertiary/aromatic N) is 5. The lowest BCUT2D eigenvalue weighted by atomic mass is 9.52. The number of amides is 1. The highest BCUT2D eigenvalue weighted by molar-refractivity contribution is 7.99. The van der Waals surface area contributed by atoms with Crippen LogP contribution >= 0.6 is 11.8 Å². The number of thioether (sulfide) groups is 1. The Bertz CT molecular complexity index is 894. The number of hydrogen-bond acceptors (Lipinski definition) is 6. The minimum atomic E-state index is 0.00755. The minimum Gasteiger partial charge on any atom is -0.497 e. The second kappa shape index (κ2) is 7.87. The average Bonchev–Trinajstić information content (AvgIpc) is 3.14. The molecule has 1 amide bonds. The number of carbonyl (C=O) groups excluding carboxylic acids is 1. The number of aryl methyl sites for hydroxylation is 1. The summed E-state index contributed by atoms with van der Waals surface area (Å²) in [6.45, 7) is 0.639. The number of methoxy groups -OCH3 is 1. The first-order chi connectivity index (χ1) is 14.5. The van der Waals surface area contributed by atoms with Crippen LogP contribution in [0.3, 0.4) is 0 Å². The van der Waals surface area contributed by atoms with Gasteiger partial charge in [0.25, 0.3) is 0 Å². The highest BCUT2D eigenvalue weighted by Gasteiger charge is 2.54. The van der Waals surface area contributed by atoms with Crippen LogP contribution in [0.15, 0.2) is 29.4 Å². The van der Waals surface area contributed by atoms with Gasteiger partial charge in [0.15, 0.2) is 0 Å². The SMILES string of the molecule is COc1cccc(CN(C(=O)CSc2nnnn2C)C23CC4CC(CC(C4)C2)C3)c1. The summed E-state index contributed by atoms with van der Waals surface area (Å²) in [5, 5.41) is 12.3. The first kappa shape index (κ1) is 19.8. The molecule has 0 radical (unpaired) electrons. The summed E-state index contributed by atoms with van der Waals surface area (Å²) in [5.41, 5.74) is 1.14. The molecule has 4 aliphatic rings. The van der Waals surface area contributed by atoms with E-state index in [4.69, 9.17) is 4.74 Å². The molecule has 1 heterocycles. The van der Waals surface area contributed by atoms with E-state index in [0.29, 0.717) is 17.5 Å². The van der Waals surface area contributed by atoms with Crippen LogP contribution in [0.5, 0.6) is 5.75 Å². The fourth-order valence-electron chi connectivity index (χ4n) is 6.42. The van der Waals surface area contributed by atoms with E-state index in [1.165, 1.54) is 31.0 Å². The van der Waals surface area contributed by atoms with Gasteiger partial charge in [0.2, 0.25) is 11.1 Å². The fraction of sp³-hybridized carbons (Fsp3) is 0.636. The summed E-state index contributed by atoms with van der Waals surface area (Å²) in [5.74, 6) is 3.74. The van der Waals surface area contributed by atoms with Gasteiger partial charge in [0.05, 0.1) is 12.9 Å². The fourth-order valence-corrected chi connectivity index (χ4v) is 7.14. The van der Waals surface area contributed by atoms with Crippen molar-refractivity contribution in [2.24, 2.45) is 24.8 Å². The molecular formula is C22H29N5O2S. The van der Waals surface area contributed by atoms with Crippen molar-refractivity contribution in [3.05, 3.63) is 29.8 Å². The Morgan fingerprint density at radius 1 is 1.23 bits per heavy atom. The smallest absolute Gasteiger partial charge is 0.233 e. The van der Waals surface area contributed by atoms with Crippen LogP contribution in [0.1, 0.15) is 44.1 Å². The number of carbonyl (C=O) groups is 1. The van der Waals surface area contributed by atoms with Gasteiger partial charge in [-0.2, -0.15) is 0 Å². The van der Waals surface area contributed by atoms with Crippen molar-refractivity contribution in [1.82, 2.24) is 25.1 Å². The maximum absolute atomic E-state index is 13.6. The van der Waals surface area contributed by atoms with Crippen LogP contribution in [-0.2, 0) is 18.4 Å². The Kier molecular flexibility index (Phi) is 5.21. The van der Waals surface area contributed by atoms with E-state index in [-0.39, 0.29) is 11.4 Å². The van der Waals surface area contributed by atoms with Gasteiger partial charge < -0.3 is 9.64 Å². The lowest BCUT2D eigenvalue weighted by Crippen LogP contribution is -2.61. The summed E-state index contributed by atoms with van der Waals surface area (Å²) in [6, 6.07) is 8.12. The van der Waals surface area contributed by atoms with Gasteiger partial charge in [-0.1, -0.05) is 23.9 Å². The van der Waals surface area contributed by atoms with Crippen molar-refractivity contribution in [2.75, 3.05) is 12.9 Å².